The first-order valence-electron chi connectivity index (χ1n) is 9.46. The van der Waals surface area contributed by atoms with E-state index in [0.717, 1.165) is 43.5 Å². The largest absolute Gasteiger partial charge is 0.357 e. The maximum absolute atomic E-state index is 4.72. The zero-order chi connectivity index (χ0) is 18.1. The fourth-order valence-electron chi connectivity index (χ4n) is 3.00. The quantitative estimate of drug-likeness (QED) is 0.329. The minimum Gasteiger partial charge on any atom is -0.357 e. The number of aromatic nitrogens is 1. The Morgan fingerprint density at radius 2 is 2.04 bits per heavy atom. The van der Waals surface area contributed by atoms with Gasteiger partial charge in [0.05, 0.1) is 6.54 Å². The molecule has 1 aromatic rings. The van der Waals surface area contributed by atoms with E-state index in [-0.39, 0.29) is 24.0 Å². The van der Waals surface area contributed by atoms with Gasteiger partial charge in [-0.05, 0) is 57.9 Å². The van der Waals surface area contributed by atoms with Crippen LogP contribution in [0.25, 0.3) is 0 Å². The highest BCUT2D eigenvalue weighted by Crippen LogP contribution is 2.36. The number of guanidine groups is 1. The summed E-state index contributed by atoms with van der Waals surface area (Å²) in [7, 11) is 0. The molecule has 0 radical (unpaired) electrons. The lowest BCUT2D eigenvalue weighted by atomic mass is 10.1. The van der Waals surface area contributed by atoms with E-state index in [0.29, 0.717) is 11.3 Å². The summed E-state index contributed by atoms with van der Waals surface area (Å²) in [5.74, 6) is 3.20. The molecule has 1 aliphatic rings. The Hall–Kier alpha value is -0.700. The van der Waals surface area contributed by atoms with E-state index in [4.69, 9.17) is 4.99 Å². The minimum atomic E-state index is 0. The Labute approximate surface area is 180 Å². The molecule has 5 nitrogen and oxygen atoms in total. The molecule has 0 amide bonds. The van der Waals surface area contributed by atoms with Crippen LogP contribution in [0.15, 0.2) is 23.3 Å². The molecule has 148 valence electrons. The minimum absolute atomic E-state index is 0. The number of rotatable bonds is 8. The normalized spacial score (nSPS) is 19.8. The maximum Gasteiger partial charge on any atom is 0.191 e. The Morgan fingerprint density at radius 3 is 2.58 bits per heavy atom. The standard InChI is InChI=1S/C19H33N5S.HI/c1-5-20-18(23-15-19(4)11-8-12-25-19)22-14-16-9-10-17(21-13-16)24(6-2)7-3;/h9-10,13H,5-8,11-12,14-15H2,1-4H3,(H2,20,22,23);1H. The number of thioether (sulfide) groups is 1. The Kier molecular flexibility index (Phi) is 10.7. The first-order chi connectivity index (χ1) is 12.1. The van der Waals surface area contributed by atoms with Crippen LogP contribution in [0.1, 0.15) is 46.1 Å². The third-order valence-electron chi connectivity index (χ3n) is 4.59. The van der Waals surface area contributed by atoms with Crippen molar-refractivity contribution in [1.82, 2.24) is 15.6 Å². The van der Waals surface area contributed by atoms with Crippen LogP contribution in [0.5, 0.6) is 0 Å². The summed E-state index contributed by atoms with van der Waals surface area (Å²) in [6, 6.07) is 4.22. The average Bonchev–Trinajstić information content (AvgIpc) is 3.06. The molecule has 0 aromatic carbocycles. The molecule has 26 heavy (non-hydrogen) atoms. The summed E-state index contributed by atoms with van der Waals surface area (Å²) in [6.07, 6.45) is 4.54. The van der Waals surface area contributed by atoms with Gasteiger partial charge in [0, 0.05) is 37.1 Å². The molecule has 1 saturated heterocycles. The molecule has 1 fully saturated rings. The van der Waals surface area contributed by atoms with Gasteiger partial charge in [-0.3, -0.25) is 0 Å². The number of aliphatic imine (C=N–C) groups is 1. The highest BCUT2D eigenvalue weighted by Gasteiger charge is 2.29. The average molecular weight is 491 g/mol. The molecular weight excluding hydrogens is 457 g/mol. The van der Waals surface area contributed by atoms with Gasteiger partial charge in [0.15, 0.2) is 5.96 Å². The number of anilines is 1. The Balaban J connectivity index is 0.00000338. The number of pyridine rings is 1. The van der Waals surface area contributed by atoms with Crippen LogP contribution in [0.4, 0.5) is 5.82 Å². The second-order valence-corrected chi connectivity index (χ2v) is 8.33. The fraction of sp³-hybridized carbons (Fsp3) is 0.684. The van der Waals surface area contributed by atoms with E-state index in [1.807, 2.05) is 6.20 Å². The lowest BCUT2D eigenvalue weighted by molar-refractivity contribution is 0.584. The number of hydrogen-bond donors (Lipinski definition) is 2. The molecule has 0 spiro atoms. The van der Waals surface area contributed by atoms with Gasteiger partial charge in [0.25, 0.3) is 0 Å². The van der Waals surface area contributed by atoms with Gasteiger partial charge in [0.2, 0.25) is 0 Å². The van der Waals surface area contributed by atoms with Crippen LogP contribution in [0.2, 0.25) is 0 Å². The molecule has 0 aliphatic carbocycles. The molecule has 1 aliphatic heterocycles. The smallest absolute Gasteiger partial charge is 0.191 e. The molecule has 1 unspecified atom stereocenters. The molecule has 1 aromatic heterocycles. The van der Waals surface area contributed by atoms with Gasteiger partial charge in [-0.2, -0.15) is 11.8 Å². The van der Waals surface area contributed by atoms with Gasteiger partial charge in [-0.25, -0.2) is 9.98 Å². The highest BCUT2D eigenvalue weighted by atomic mass is 127. The van der Waals surface area contributed by atoms with Crippen molar-refractivity contribution in [1.29, 1.82) is 0 Å². The zero-order valence-electron chi connectivity index (χ0n) is 16.5. The number of hydrogen-bond acceptors (Lipinski definition) is 4. The predicted octanol–water partition coefficient (Wildman–Crippen LogP) is 3.89. The monoisotopic (exact) mass is 491 g/mol. The summed E-state index contributed by atoms with van der Waals surface area (Å²) in [5, 5.41) is 6.85. The molecule has 1 atom stereocenters. The van der Waals surface area contributed by atoms with Crippen LogP contribution in [-0.2, 0) is 6.54 Å². The van der Waals surface area contributed by atoms with Crippen LogP contribution in [-0.4, -0.2) is 47.6 Å². The predicted molar refractivity (Wildman–Crippen MR) is 126 cm³/mol. The van der Waals surface area contributed by atoms with Gasteiger partial charge >= 0.3 is 0 Å². The second kappa shape index (κ2) is 11.9. The molecule has 2 heterocycles. The highest BCUT2D eigenvalue weighted by molar-refractivity contribution is 14.0. The van der Waals surface area contributed by atoms with Crippen LogP contribution in [0, 0.1) is 0 Å². The number of nitrogens with one attached hydrogen (secondary N) is 2. The van der Waals surface area contributed by atoms with Crippen molar-refractivity contribution in [3.05, 3.63) is 23.9 Å². The molecule has 2 rings (SSSR count). The van der Waals surface area contributed by atoms with Crippen LogP contribution in [0.3, 0.4) is 0 Å². The molecule has 2 N–H and O–H groups in total. The van der Waals surface area contributed by atoms with Gasteiger partial charge < -0.3 is 15.5 Å². The SMILES string of the molecule is CCNC(=NCc1ccc(N(CC)CC)nc1)NCC1(C)CCCS1.I. The summed E-state index contributed by atoms with van der Waals surface area (Å²) in [4.78, 5) is 11.5. The van der Waals surface area contributed by atoms with Gasteiger partial charge in [0.1, 0.15) is 5.82 Å². The molecule has 0 saturated carbocycles. The number of nitrogens with zero attached hydrogens (tertiary/aromatic N) is 3. The van der Waals surface area contributed by atoms with Crippen molar-refractivity contribution >= 4 is 47.5 Å². The zero-order valence-corrected chi connectivity index (χ0v) is 19.7. The lowest BCUT2D eigenvalue weighted by Crippen LogP contribution is -2.43. The Morgan fingerprint density at radius 1 is 1.27 bits per heavy atom. The molecule has 0 bridgehead atoms. The molecular formula is C19H34IN5S. The molecule has 7 heteroatoms. The number of halogens is 1. The third kappa shape index (κ3) is 7.13. The van der Waals surface area contributed by atoms with Crippen molar-refractivity contribution in [3.8, 4) is 0 Å². The van der Waals surface area contributed by atoms with Gasteiger partial charge in [-0.1, -0.05) is 6.07 Å². The first kappa shape index (κ1) is 23.3. The topological polar surface area (TPSA) is 52.6 Å². The van der Waals surface area contributed by atoms with Crippen molar-refractivity contribution < 1.29 is 0 Å². The fourth-order valence-corrected chi connectivity index (χ4v) is 4.25. The summed E-state index contributed by atoms with van der Waals surface area (Å²) in [6.45, 7) is 13.2. The van der Waals surface area contributed by atoms with E-state index >= 15 is 0 Å². The van der Waals surface area contributed by atoms with Crippen molar-refractivity contribution in [2.45, 2.75) is 51.8 Å². The van der Waals surface area contributed by atoms with Gasteiger partial charge in [-0.15, -0.1) is 24.0 Å². The third-order valence-corrected chi connectivity index (χ3v) is 6.13. The van der Waals surface area contributed by atoms with E-state index in [9.17, 15) is 0 Å². The van der Waals surface area contributed by atoms with E-state index in [1.54, 1.807) is 0 Å². The van der Waals surface area contributed by atoms with Crippen molar-refractivity contribution in [3.63, 3.8) is 0 Å². The van der Waals surface area contributed by atoms with E-state index < -0.39 is 0 Å². The van der Waals surface area contributed by atoms with Crippen LogP contribution < -0.4 is 15.5 Å². The Bertz CT molecular complexity index is 539. The summed E-state index contributed by atoms with van der Waals surface area (Å²) >= 11 is 2.07. The van der Waals surface area contributed by atoms with Crippen molar-refractivity contribution in [2.24, 2.45) is 4.99 Å². The van der Waals surface area contributed by atoms with E-state index in [1.165, 1.54) is 18.6 Å². The maximum atomic E-state index is 4.72. The first-order valence-corrected chi connectivity index (χ1v) is 10.4. The van der Waals surface area contributed by atoms with Crippen molar-refractivity contribution in [2.75, 3.05) is 36.8 Å². The second-order valence-electron chi connectivity index (χ2n) is 6.65. The summed E-state index contributed by atoms with van der Waals surface area (Å²) in [5.41, 5.74) is 1.13. The van der Waals surface area contributed by atoms with Crippen LogP contribution >= 0.6 is 35.7 Å². The lowest BCUT2D eigenvalue weighted by Gasteiger charge is -2.24. The van der Waals surface area contributed by atoms with E-state index in [2.05, 4.69) is 72.1 Å². The summed E-state index contributed by atoms with van der Waals surface area (Å²) < 4.78 is 0.336.